The number of rotatable bonds is 2. The number of benzene rings is 1. The number of amides is 1. The van der Waals surface area contributed by atoms with E-state index in [1.807, 2.05) is 0 Å². The molecule has 0 radical (unpaired) electrons. The van der Waals surface area contributed by atoms with Crippen molar-refractivity contribution >= 4 is 11.6 Å². The van der Waals surface area contributed by atoms with Crippen LogP contribution in [-0.2, 0) is 0 Å². The van der Waals surface area contributed by atoms with Gasteiger partial charge in [-0.05, 0) is 36.5 Å². The van der Waals surface area contributed by atoms with Gasteiger partial charge in [0.1, 0.15) is 5.82 Å². The van der Waals surface area contributed by atoms with Gasteiger partial charge in [0.05, 0.1) is 5.56 Å². The molecule has 1 aliphatic heterocycles. The first-order chi connectivity index (χ1) is 8.95. The van der Waals surface area contributed by atoms with Crippen LogP contribution in [-0.4, -0.2) is 23.9 Å². The average Bonchev–Trinajstić information content (AvgIpc) is 2.39. The molecule has 4 heteroatoms. The molecule has 1 heterocycles. The van der Waals surface area contributed by atoms with Crippen LogP contribution in [0, 0.1) is 11.2 Å². The third-order valence-electron chi connectivity index (χ3n) is 4.33. The molecule has 1 saturated heterocycles. The highest BCUT2D eigenvalue weighted by molar-refractivity contribution is 5.94. The number of carbonyl (C=O) groups excluding carboxylic acids is 1. The monoisotopic (exact) mass is 264 g/mol. The molecule has 1 aromatic carbocycles. The highest BCUT2D eigenvalue weighted by Crippen LogP contribution is 2.34. The quantitative estimate of drug-likeness (QED) is 0.834. The fourth-order valence-electron chi connectivity index (χ4n) is 2.48. The standard InChI is InChI=1S/C15H21FN2O/c1-3-15(2)6-8-18(9-7-15)14(19)12-5-4-11(17)10-13(12)16/h4-5,10H,3,6-9,17H2,1-2H3. The van der Waals surface area contributed by atoms with Crippen molar-refractivity contribution in [3.8, 4) is 0 Å². The maximum Gasteiger partial charge on any atom is 0.256 e. The van der Waals surface area contributed by atoms with Gasteiger partial charge in [0.25, 0.3) is 5.91 Å². The summed E-state index contributed by atoms with van der Waals surface area (Å²) in [6.45, 7) is 5.83. The molecule has 1 aliphatic rings. The molecule has 0 spiro atoms. The Labute approximate surface area is 113 Å². The molecule has 2 rings (SSSR count). The van der Waals surface area contributed by atoms with E-state index in [4.69, 9.17) is 5.73 Å². The van der Waals surface area contributed by atoms with Crippen LogP contribution in [0.15, 0.2) is 18.2 Å². The molecule has 0 saturated carbocycles. The second-order valence-electron chi connectivity index (χ2n) is 5.70. The van der Waals surface area contributed by atoms with Crippen molar-refractivity contribution in [2.75, 3.05) is 18.8 Å². The van der Waals surface area contributed by atoms with Crippen LogP contribution in [0.1, 0.15) is 43.5 Å². The van der Waals surface area contributed by atoms with Gasteiger partial charge < -0.3 is 10.6 Å². The fourth-order valence-corrected chi connectivity index (χ4v) is 2.48. The van der Waals surface area contributed by atoms with E-state index in [1.54, 1.807) is 11.0 Å². The minimum atomic E-state index is -0.533. The lowest BCUT2D eigenvalue weighted by atomic mass is 9.78. The first-order valence-corrected chi connectivity index (χ1v) is 6.79. The van der Waals surface area contributed by atoms with E-state index in [0.29, 0.717) is 24.2 Å². The van der Waals surface area contributed by atoms with Gasteiger partial charge in [-0.15, -0.1) is 0 Å². The predicted molar refractivity (Wildman–Crippen MR) is 74.3 cm³/mol. The summed E-state index contributed by atoms with van der Waals surface area (Å²) >= 11 is 0. The van der Waals surface area contributed by atoms with E-state index in [2.05, 4.69) is 13.8 Å². The third kappa shape index (κ3) is 2.88. The molecule has 0 atom stereocenters. The Morgan fingerprint density at radius 2 is 2.05 bits per heavy atom. The van der Waals surface area contributed by atoms with Crippen molar-refractivity contribution < 1.29 is 9.18 Å². The van der Waals surface area contributed by atoms with Crippen molar-refractivity contribution in [1.29, 1.82) is 0 Å². The molecule has 1 aromatic rings. The lowest BCUT2D eigenvalue weighted by Crippen LogP contribution is -2.42. The highest BCUT2D eigenvalue weighted by atomic mass is 19.1. The number of nitrogen functional groups attached to an aromatic ring is 1. The Morgan fingerprint density at radius 3 is 2.58 bits per heavy atom. The molecule has 1 fully saturated rings. The third-order valence-corrected chi connectivity index (χ3v) is 4.33. The first kappa shape index (κ1) is 13.8. The molecule has 0 unspecified atom stereocenters. The number of likely N-dealkylation sites (tertiary alicyclic amines) is 1. The molecular weight excluding hydrogens is 243 g/mol. The number of halogens is 1. The van der Waals surface area contributed by atoms with Crippen LogP contribution < -0.4 is 5.73 Å². The van der Waals surface area contributed by atoms with Crippen molar-refractivity contribution in [2.45, 2.75) is 33.1 Å². The zero-order valence-corrected chi connectivity index (χ0v) is 11.6. The van der Waals surface area contributed by atoms with E-state index in [1.165, 1.54) is 12.1 Å². The number of hydrogen-bond donors (Lipinski definition) is 1. The topological polar surface area (TPSA) is 46.3 Å². The number of nitrogens with two attached hydrogens (primary N) is 1. The number of piperidine rings is 1. The molecule has 0 aliphatic carbocycles. The summed E-state index contributed by atoms with van der Waals surface area (Å²) in [5, 5.41) is 0. The summed E-state index contributed by atoms with van der Waals surface area (Å²) in [7, 11) is 0. The van der Waals surface area contributed by atoms with E-state index in [-0.39, 0.29) is 11.5 Å². The van der Waals surface area contributed by atoms with Crippen molar-refractivity contribution in [3.05, 3.63) is 29.6 Å². The number of hydrogen-bond acceptors (Lipinski definition) is 2. The predicted octanol–water partition coefficient (Wildman–Crippen LogP) is 3.06. The fraction of sp³-hybridized carbons (Fsp3) is 0.533. The second-order valence-corrected chi connectivity index (χ2v) is 5.70. The molecule has 3 nitrogen and oxygen atoms in total. The first-order valence-electron chi connectivity index (χ1n) is 6.79. The van der Waals surface area contributed by atoms with Gasteiger partial charge in [0, 0.05) is 18.8 Å². The Hall–Kier alpha value is -1.58. The lowest BCUT2D eigenvalue weighted by molar-refractivity contribution is 0.0596. The van der Waals surface area contributed by atoms with Gasteiger partial charge in [-0.3, -0.25) is 4.79 Å². The summed E-state index contributed by atoms with van der Waals surface area (Å²) in [6.07, 6.45) is 3.07. The largest absolute Gasteiger partial charge is 0.399 e. The SMILES string of the molecule is CCC1(C)CCN(C(=O)c2ccc(N)cc2F)CC1. The van der Waals surface area contributed by atoms with Gasteiger partial charge in [-0.1, -0.05) is 20.3 Å². The zero-order valence-electron chi connectivity index (χ0n) is 11.6. The minimum absolute atomic E-state index is 0.120. The molecular formula is C15H21FN2O. The lowest BCUT2D eigenvalue weighted by Gasteiger charge is -2.39. The van der Waals surface area contributed by atoms with Gasteiger partial charge in [-0.2, -0.15) is 0 Å². The number of anilines is 1. The molecule has 0 bridgehead atoms. The smallest absolute Gasteiger partial charge is 0.256 e. The summed E-state index contributed by atoms with van der Waals surface area (Å²) in [5.41, 5.74) is 6.27. The van der Waals surface area contributed by atoms with Gasteiger partial charge in [0.15, 0.2) is 0 Å². The van der Waals surface area contributed by atoms with Crippen LogP contribution in [0.25, 0.3) is 0 Å². The van der Waals surface area contributed by atoms with Crippen molar-refractivity contribution in [1.82, 2.24) is 4.90 Å². The van der Waals surface area contributed by atoms with Crippen LogP contribution in [0.5, 0.6) is 0 Å². The van der Waals surface area contributed by atoms with Crippen LogP contribution in [0.4, 0.5) is 10.1 Å². The van der Waals surface area contributed by atoms with E-state index >= 15 is 0 Å². The van der Waals surface area contributed by atoms with Crippen molar-refractivity contribution in [2.24, 2.45) is 5.41 Å². The summed E-state index contributed by atoms with van der Waals surface area (Å²) < 4.78 is 13.7. The molecule has 0 aromatic heterocycles. The second kappa shape index (κ2) is 5.19. The Morgan fingerprint density at radius 1 is 1.42 bits per heavy atom. The van der Waals surface area contributed by atoms with Gasteiger partial charge >= 0.3 is 0 Å². The van der Waals surface area contributed by atoms with Crippen LogP contribution in [0.3, 0.4) is 0 Å². The Kier molecular flexibility index (Phi) is 3.78. The Bertz CT molecular complexity index is 479. The van der Waals surface area contributed by atoms with Gasteiger partial charge in [-0.25, -0.2) is 4.39 Å². The van der Waals surface area contributed by atoms with E-state index in [0.717, 1.165) is 19.3 Å². The normalized spacial score (nSPS) is 18.4. The van der Waals surface area contributed by atoms with E-state index < -0.39 is 5.82 Å². The summed E-state index contributed by atoms with van der Waals surface area (Å²) in [6, 6.07) is 4.24. The molecule has 19 heavy (non-hydrogen) atoms. The maximum absolute atomic E-state index is 13.7. The maximum atomic E-state index is 13.7. The Balaban J connectivity index is 2.09. The van der Waals surface area contributed by atoms with Crippen LogP contribution >= 0.6 is 0 Å². The molecule has 2 N–H and O–H groups in total. The summed E-state index contributed by atoms with van der Waals surface area (Å²) in [4.78, 5) is 14.0. The molecule has 104 valence electrons. The van der Waals surface area contributed by atoms with Gasteiger partial charge in [0.2, 0.25) is 0 Å². The number of carbonyl (C=O) groups is 1. The van der Waals surface area contributed by atoms with Crippen LogP contribution in [0.2, 0.25) is 0 Å². The summed E-state index contributed by atoms with van der Waals surface area (Å²) in [5.74, 6) is -0.760. The highest BCUT2D eigenvalue weighted by Gasteiger charge is 2.31. The van der Waals surface area contributed by atoms with E-state index in [9.17, 15) is 9.18 Å². The average molecular weight is 264 g/mol. The van der Waals surface area contributed by atoms with Crippen molar-refractivity contribution in [3.63, 3.8) is 0 Å². The number of nitrogens with zero attached hydrogens (tertiary/aromatic N) is 1. The minimum Gasteiger partial charge on any atom is -0.399 e. The molecule has 1 amide bonds. The zero-order chi connectivity index (χ0) is 14.0.